The van der Waals surface area contributed by atoms with Gasteiger partial charge in [-0.05, 0) is 18.1 Å². The average molecular weight is 203 g/mol. The first kappa shape index (κ1) is 10.0. The minimum Gasteiger partial charge on any atom is -0.385 e. The van der Waals surface area contributed by atoms with Crippen LogP contribution < -0.4 is 5.73 Å². The van der Waals surface area contributed by atoms with Gasteiger partial charge in [-0.2, -0.15) is 5.10 Å². The normalized spacial score (nSPS) is 20.5. The highest BCUT2D eigenvalue weighted by molar-refractivity contribution is 5.83. The lowest BCUT2D eigenvalue weighted by Gasteiger charge is -2.15. The molecule has 0 aromatic heterocycles. The molecule has 0 bridgehead atoms. The molecule has 1 aliphatic heterocycles. The summed E-state index contributed by atoms with van der Waals surface area (Å²) in [6.07, 6.45) is 0. The second kappa shape index (κ2) is 3.93. The van der Waals surface area contributed by atoms with E-state index in [1.54, 1.807) is 0 Å². The smallest absolute Gasteiger partial charge is 0.124 e. The topological polar surface area (TPSA) is 41.6 Å². The lowest BCUT2D eigenvalue weighted by molar-refractivity contribution is 0.291. The minimum absolute atomic E-state index is 0.383. The molecular formula is C12H17N3. The largest absolute Gasteiger partial charge is 0.385 e. The standard InChI is InChI=1S/C12H17N3/c1-9-5-3-4-6-11(9)8-15-7-10(2)12(13)14-15/h3-6,10H,7-8H2,1-2H3,(H2,13,14). The molecule has 1 atom stereocenters. The fourth-order valence-electron chi connectivity index (χ4n) is 1.80. The zero-order valence-electron chi connectivity index (χ0n) is 9.27. The maximum absolute atomic E-state index is 5.77. The van der Waals surface area contributed by atoms with E-state index >= 15 is 0 Å². The van der Waals surface area contributed by atoms with Gasteiger partial charge < -0.3 is 5.73 Å². The number of nitrogens with zero attached hydrogens (tertiary/aromatic N) is 2. The van der Waals surface area contributed by atoms with E-state index in [2.05, 4.69) is 43.2 Å². The predicted octanol–water partition coefficient (Wildman–Crippen LogP) is 1.72. The predicted molar refractivity (Wildman–Crippen MR) is 62.4 cm³/mol. The van der Waals surface area contributed by atoms with E-state index in [1.807, 2.05) is 5.01 Å². The van der Waals surface area contributed by atoms with E-state index in [0.717, 1.165) is 18.9 Å². The van der Waals surface area contributed by atoms with Gasteiger partial charge in [0.05, 0.1) is 6.54 Å². The number of benzene rings is 1. The molecule has 0 aliphatic carbocycles. The molecule has 2 N–H and O–H groups in total. The summed E-state index contributed by atoms with van der Waals surface area (Å²) < 4.78 is 0. The Morgan fingerprint density at radius 3 is 2.80 bits per heavy atom. The molecule has 1 aromatic rings. The Labute approximate surface area is 90.6 Å². The van der Waals surface area contributed by atoms with Gasteiger partial charge in [0.15, 0.2) is 0 Å². The van der Waals surface area contributed by atoms with E-state index in [9.17, 15) is 0 Å². The number of amidine groups is 1. The van der Waals surface area contributed by atoms with Crippen molar-refractivity contribution in [2.24, 2.45) is 16.8 Å². The maximum atomic E-state index is 5.77. The second-order valence-corrected chi connectivity index (χ2v) is 4.20. The molecule has 2 rings (SSSR count). The van der Waals surface area contributed by atoms with Crippen molar-refractivity contribution in [3.05, 3.63) is 35.4 Å². The molecule has 0 saturated carbocycles. The van der Waals surface area contributed by atoms with Crippen LogP contribution in [0.25, 0.3) is 0 Å². The van der Waals surface area contributed by atoms with Crippen LogP contribution in [-0.4, -0.2) is 17.4 Å². The molecule has 3 heteroatoms. The van der Waals surface area contributed by atoms with Crippen molar-refractivity contribution in [1.82, 2.24) is 5.01 Å². The molecule has 1 aliphatic rings. The summed E-state index contributed by atoms with van der Waals surface area (Å²) in [5.74, 6) is 1.14. The number of rotatable bonds is 2. The number of hydrazone groups is 1. The third-order valence-corrected chi connectivity index (χ3v) is 2.86. The Kier molecular flexibility index (Phi) is 2.62. The molecule has 1 unspecified atom stereocenters. The van der Waals surface area contributed by atoms with Gasteiger partial charge in [0.25, 0.3) is 0 Å². The van der Waals surface area contributed by atoms with E-state index < -0.39 is 0 Å². The fourth-order valence-corrected chi connectivity index (χ4v) is 1.80. The van der Waals surface area contributed by atoms with Crippen LogP contribution in [0.2, 0.25) is 0 Å². The van der Waals surface area contributed by atoms with Crippen molar-refractivity contribution in [3.63, 3.8) is 0 Å². The van der Waals surface area contributed by atoms with Crippen LogP contribution in [0.15, 0.2) is 29.4 Å². The number of aryl methyl sites for hydroxylation is 1. The zero-order chi connectivity index (χ0) is 10.8. The van der Waals surface area contributed by atoms with Gasteiger partial charge >= 0.3 is 0 Å². The van der Waals surface area contributed by atoms with Crippen molar-refractivity contribution in [2.45, 2.75) is 20.4 Å². The molecule has 0 saturated heterocycles. The van der Waals surface area contributed by atoms with Crippen LogP contribution >= 0.6 is 0 Å². The SMILES string of the molecule is Cc1ccccc1CN1CC(C)C(N)=N1. The first-order valence-corrected chi connectivity index (χ1v) is 5.30. The average Bonchev–Trinajstić information content (AvgIpc) is 2.50. The van der Waals surface area contributed by atoms with Crippen LogP contribution in [0, 0.1) is 12.8 Å². The number of nitrogens with two attached hydrogens (primary N) is 1. The molecule has 1 aromatic carbocycles. The van der Waals surface area contributed by atoms with E-state index in [1.165, 1.54) is 11.1 Å². The quantitative estimate of drug-likeness (QED) is 0.795. The molecule has 3 nitrogen and oxygen atoms in total. The monoisotopic (exact) mass is 203 g/mol. The Morgan fingerprint density at radius 2 is 2.20 bits per heavy atom. The van der Waals surface area contributed by atoms with Crippen molar-refractivity contribution < 1.29 is 0 Å². The highest BCUT2D eigenvalue weighted by atomic mass is 15.5. The lowest BCUT2D eigenvalue weighted by Crippen LogP contribution is -2.20. The van der Waals surface area contributed by atoms with Crippen LogP contribution in [0.5, 0.6) is 0 Å². The molecular weight excluding hydrogens is 186 g/mol. The summed E-state index contributed by atoms with van der Waals surface area (Å²) in [7, 11) is 0. The lowest BCUT2D eigenvalue weighted by atomic mass is 10.1. The molecule has 1 heterocycles. The summed E-state index contributed by atoms with van der Waals surface area (Å²) >= 11 is 0. The summed E-state index contributed by atoms with van der Waals surface area (Å²) in [5.41, 5.74) is 8.40. The summed E-state index contributed by atoms with van der Waals surface area (Å²) in [6, 6.07) is 8.39. The summed E-state index contributed by atoms with van der Waals surface area (Å²) in [4.78, 5) is 0. The van der Waals surface area contributed by atoms with Crippen LogP contribution in [-0.2, 0) is 6.54 Å². The molecule has 15 heavy (non-hydrogen) atoms. The molecule has 80 valence electrons. The first-order chi connectivity index (χ1) is 7.16. The molecule has 0 radical (unpaired) electrons. The molecule has 0 fully saturated rings. The Balaban J connectivity index is 2.08. The van der Waals surface area contributed by atoms with Crippen molar-refractivity contribution in [2.75, 3.05) is 6.54 Å². The number of hydrogen-bond donors (Lipinski definition) is 1. The summed E-state index contributed by atoms with van der Waals surface area (Å²) in [6.45, 7) is 6.02. The van der Waals surface area contributed by atoms with Gasteiger partial charge in [-0.15, -0.1) is 0 Å². The molecule has 0 spiro atoms. The van der Waals surface area contributed by atoms with Crippen molar-refractivity contribution in [1.29, 1.82) is 0 Å². The van der Waals surface area contributed by atoms with E-state index in [4.69, 9.17) is 5.73 Å². The zero-order valence-corrected chi connectivity index (χ0v) is 9.27. The van der Waals surface area contributed by atoms with Gasteiger partial charge in [-0.3, -0.25) is 5.01 Å². The van der Waals surface area contributed by atoms with E-state index in [0.29, 0.717) is 5.92 Å². The Bertz CT molecular complexity index is 384. The minimum atomic E-state index is 0.383. The van der Waals surface area contributed by atoms with Gasteiger partial charge in [0.2, 0.25) is 0 Å². The number of hydrogen-bond acceptors (Lipinski definition) is 3. The second-order valence-electron chi connectivity index (χ2n) is 4.20. The highest BCUT2D eigenvalue weighted by Crippen LogP contribution is 2.16. The molecule has 0 amide bonds. The van der Waals surface area contributed by atoms with Crippen LogP contribution in [0.3, 0.4) is 0 Å². The van der Waals surface area contributed by atoms with Gasteiger partial charge in [0.1, 0.15) is 5.84 Å². The van der Waals surface area contributed by atoms with Crippen molar-refractivity contribution >= 4 is 5.84 Å². The summed E-state index contributed by atoms with van der Waals surface area (Å²) in [5, 5.41) is 6.38. The van der Waals surface area contributed by atoms with E-state index in [-0.39, 0.29) is 0 Å². The fraction of sp³-hybridized carbons (Fsp3) is 0.417. The van der Waals surface area contributed by atoms with Crippen LogP contribution in [0.1, 0.15) is 18.1 Å². The van der Waals surface area contributed by atoms with Gasteiger partial charge in [-0.1, -0.05) is 31.2 Å². The first-order valence-electron chi connectivity index (χ1n) is 5.30. The van der Waals surface area contributed by atoms with Gasteiger partial charge in [0, 0.05) is 12.5 Å². The third kappa shape index (κ3) is 2.12. The Morgan fingerprint density at radius 1 is 1.47 bits per heavy atom. The Hall–Kier alpha value is -1.51. The maximum Gasteiger partial charge on any atom is 0.124 e. The third-order valence-electron chi connectivity index (χ3n) is 2.86. The van der Waals surface area contributed by atoms with Crippen molar-refractivity contribution in [3.8, 4) is 0 Å². The highest BCUT2D eigenvalue weighted by Gasteiger charge is 2.20. The van der Waals surface area contributed by atoms with Gasteiger partial charge in [-0.25, -0.2) is 0 Å². The van der Waals surface area contributed by atoms with Crippen LogP contribution in [0.4, 0.5) is 0 Å².